The average Bonchev–Trinajstić information content (AvgIpc) is 2.00. The number of ketones is 3. The summed E-state index contributed by atoms with van der Waals surface area (Å²) in [6.07, 6.45) is 0. The summed E-state index contributed by atoms with van der Waals surface area (Å²) in [6, 6.07) is 0. The highest BCUT2D eigenvalue weighted by molar-refractivity contribution is 5.72. The molecule has 0 aliphatic carbocycles. The van der Waals surface area contributed by atoms with Crippen molar-refractivity contribution in [2.24, 2.45) is 0 Å². The Morgan fingerprint density at radius 3 is 0.571 bits per heavy atom. The number of hydrogen-bond acceptors (Lipinski definition) is 5. The molecule has 0 unspecified atom stereocenters. The lowest BCUT2D eigenvalue weighted by molar-refractivity contribution is -0.138. The van der Waals surface area contributed by atoms with Gasteiger partial charge in [-0.15, -0.1) is 0 Å². The fourth-order valence-corrected chi connectivity index (χ4v) is 0. The number of esters is 1. The zero-order chi connectivity index (χ0) is 15.0. The number of hydrogen-bond donors (Lipinski definition) is 0. The summed E-state index contributed by atoms with van der Waals surface area (Å²) in [4.78, 5) is 37.9. The zero-order valence-corrected chi connectivity index (χ0v) is 12.0. The molecule has 0 N–H and O–H groups in total. The van der Waals surface area contributed by atoms with E-state index in [0.717, 1.165) is 0 Å². The van der Waals surface area contributed by atoms with Gasteiger partial charge in [-0.2, -0.15) is 0 Å². The van der Waals surface area contributed by atoms with E-state index in [4.69, 9.17) is 0 Å². The van der Waals surface area contributed by atoms with Crippen molar-refractivity contribution in [3.63, 3.8) is 0 Å². The van der Waals surface area contributed by atoms with Gasteiger partial charge < -0.3 is 19.1 Å². The smallest absolute Gasteiger partial charge is 0.302 e. The molecule has 0 fully saturated rings. The number of rotatable bonds is 0. The van der Waals surface area contributed by atoms with Crippen molar-refractivity contribution >= 4 is 23.3 Å². The summed E-state index contributed by atoms with van der Waals surface area (Å²) in [5.41, 5.74) is 0. The van der Waals surface area contributed by atoms with E-state index in [1.807, 2.05) is 0 Å². The summed E-state index contributed by atoms with van der Waals surface area (Å²) in [6.45, 7) is 10.5. The van der Waals surface area contributed by atoms with Crippen LogP contribution >= 0.6 is 0 Å². The Labute approximate surface area is 133 Å². The number of carbonyl (C=O) groups is 4. The molecule has 0 aromatic carbocycles. The van der Waals surface area contributed by atoms with Crippen LogP contribution in [0.4, 0.5) is 0 Å². The lowest BCUT2D eigenvalue weighted by Gasteiger charge is -1.80. The first-order valence-corrected chi connectivity index (χ1v) is 4.93. The van der Waals surface area contributed by atoms with Crippen LogP contribution in [0.25, 0.3) is 0 Å². The summed E-state index contributed by atoms with van der Waals surface area (Å²) in [5, 5.41) is 0. The maximum absolute atomic E-state index is 9.59. The lowest BCUT2D eigenvalue weighted by atomic mass is 10.6. The molecule has 0 aromatic heterocycles. The van der Waals surface area contributed by atoms with Gasteiger partial charge in [0.05, 0.1) is 7.11 Å². The van der Waals surface area contributed by atoms with Gasteiger partial charge in [0.2, 0.25) is 0 Å². The first-order valence-electron chi connectivity index (χ1n) is 4.93. The highest BCUT2D eigenvalue weighted by atomic mass is 16.5. The molecular formula is C16H40O5. The molecule has 0 saturated heterocycles. The Hall–Kier alpha value is -1.52. The van der Waals surface area contributed by atoms with Gasteiger partial charge in [-0.25, -0.2) is 0 Å². The molecular weight excluding hydrogens is 272 g/mol. The zero-order valence-electron chi connectivity index (χ0n) is 12.0. The molecule has 0 saturated carbocycles. The molecule has 0 spiro atoms. The van der Waals surface area contributed by atoms with Crippen LogP contribution in [0.5, 0.6) is 0 Å². The summed E-state index contributed by atoms with van der Waals surface area (Å²) >= 11 is 0. The fraction of sp³-hybridized carbons (Fsp3) is 0.750. The van der Waals surface area contributed by atoms with Crippen LogP contribution in [0.15, 0.2) is 0 Å². The van der Waals surface area contributed by atoms with E-state index < -0.39 is 0 Å². The first-order chi connectivity index (χ1) is 7.47. The van der Waals surface area contributed by atoms with Gasteiger partial charge in [0.15, 0.2) is 0 Å². The molecule has 21 heavy (non-hydrogen) atoms. The Morgan fingerprint density at radius 1 is 0.524 bits per heavy atom. The van der Waals surface area contributed by atoms with Crippen LogP contribution in [0.2, 0.25) is 0 Å². The molecule has 0 bridgehead atoms. The minimum Gasteiger partial charge on any atom is -0.469 e. The maximum atomic E-state index is 9.59. The van der Waals surface area contributed by atoms with Crippen LogP contribution < -0.4 is 0 Å². The van der Waals surface area contributed by atoms with Crippen LogP contribution in [0, 0.1) is 0 Å². The van der Waals surface area contributed by atoms with Gasteiger partial charge in [-0.05, 0) is 41.5 Å². The van der Waals surface area contributed by atoms with Gasteiger partial charge in [0, 0.05) is 6.92 Å². The van der Waals surface area contributed by atoms with Crippen molar-refractivity contribution in [3.8, 4) is 0 Å². The molecule has 5 heteroatoms. The van der Waals surface area contributed by atoms with E-state index in [9.17, 15) is 19.2 Å². The summed E-state index contributed by atoms with van der Waals surface area (Å²) < 4.78 is 4.11. The molecule has 0 aliphatic rings. The number of carbonyl (C=O) groups excluding carboxylic acids is 4. The normalized spacial score (nSPS) is 5.33. The molecule has 0 aliphatic heterocycles. The third kappa shape index (κ3) is 21800. The van der Waals surface area contributed by atoms with E-state index in [1.165, 1.54) is 55.6 Å². The second kappa shape index (κ2) is 42.8. The Morgan fingerprint density at radius 2 is 0.571 bits per heavy atom. The standard InChI is InChI=1S/C3H6O2.3C3H6O.4CH4/c1-3(4)5-2;3*1-3(2)4;;;;/h1-2H3;3*1-2H3;4*1H4. The predicted molar refractivity (Wildman–Crippen MR) is 93.7 cm³/mol. The Balaban J connectivity index is -0.0000000169. The summed E-state index contributed by atoms with van der Waals surface area (Å²) in [7, 11) is 1.35. The van der Waals surface area contributed by atoms with Crippen molar-refractivity contribution in [2.75, 3.05) is 7.11 Å². The van der Waals surface area contributed by atoms with Gasteiger partial charge in [0.1, 0.15) is 17.3 Å². The van der Waals surface area contributed by atoms with Gasteiger partial charge in [-0.1, -0.05) is 29.7 Å². The third-order valence-corrected chi connectivity index (χ3v) is 0.287. The Kier molecular flexibility index (Phi) is 103. The van der Waals surface area contributed by atoms with Crippen molar-refractivity contribution in [2.45, 2.75) is 78.2 Å². The fourth-order valence-electron chi connectivity index (χ4n) is 0. The molecule has 5 nitrogen and oxygen atoms in total. The molecule has 0 rings (SSSR count). The van der Waals surface area contributed by atoms with Crippen LogP contribution in [-0.2, 0) is 23.9 Å². The van der Waals surface area contributed by atoms with E-state index in [2.05, 4.69) is 4.74 Å². The van der Waals surface area contributed by atoms with Crippen LogP contribution in [-0.4, -0.2) is 30.4 Å². The SMILES string of the molecule is C.C.C.C.CC(C)=O.CC(C)=O.CC(C)=O.COC(C)=O. The largest absolute Gasteiger partial charge is 0.469 e. The number of ether oxygens (including phenoxy) is 1. The molecule has 0 atom stereocenters. The second-order valence-corrected chi connectivity index (χ2v) is 3.42. The Bertz CT molecular complexity index is 192. The monoisotopic (exact) mass is 312 g/mol. The molecule has 0 heterocycles. The maximum Gasteiger partial charge on any atom is 0.302 e. The van der Waals surface area contributed by atoms with Gasteiger partial charge in [-0.3, -0.25) is 4.79 Å². The molecule has 0 aromatic rings. The summed E-state index contributed by atoms with van der Waals surface area (Å²) in [5.74, 6) is 0.255. The van der Waals surface area contributed by atoms with E-state index in [1.54, 1.807) is 0 Å². The lowest BCUT2D eigenvalue weighted by Crippen LogP contribution is -1.88. The quantitative estimate of drug-likeness (QED) is 0.615. The molecule has 134 valence electrons. The van der Waals surface area contributed by atoms with Crippen molar-refractivity contribution in [3.05, 3.63) is 0 Å². The predicted octanol–water partition coefficient (Wildman–Crippen LogP) is 4.51. The van der Waals surface area contributed by atoms with E-state index in [-0.39, 0.29) is 53.0 Å². The minimum atomic E-state index is -0.245. The van der Waals surface area contributed by atoms with Crippen molar-refractivity contribution in [1.82, 2.24) is 0 Å². The molecule has 0 radical (unpaired) electrons. The molecule has 0 amide bonds. The third-order valence-electron chi connectivity index (χ3n) is 0.287. The second-order valence-electron chi connectivity index (χ2n) is 3.42. The van der Waals surface area contributed by atoms with E-state index >= 15 is 0 Å². The topological polar surface area (TPSA) is 77.5 Å². The van der Waals surface area contributed by atoms with Crippen LogP contribution in [0.3, 0.4) is 0 Å². The number of Topliss-reactive ketones (excluding diaryl/α,β-unsaturated/α-hetero) is 3. The number of methoxy groups -OCH3 is 1. The highest BCUT2D eigenvalue weighted by Gasteiger charge is 1.75. The van der Waals surface area contributed by atoms with Gasteiger partial charge in [0.25, 0.3) is 0 Å². The minimum absolute atomic E-state index is 0. The van der Waals surface area contributed by atoms with Crippen LogP contribution in [0.1, 0.15) is 78.2 Å². The van der Waals surface area contributed by atoms with Crippen molar-refractivity contribution < 1.29 is 23.9 Å². The van der Waals surface area contributed by atoms with E-state index in [0.29, 0.717) is 0 Å². The van der Waals surface area contributed by atoms with Gasteiger partial charge >= 0.3 is 5.97 Å². The first kappa shape index (κ1) is 50.5. The highest BCUT2D eigenvalue weighted by Crippen LogP contribution is 1.60. The van der Waals surface area contributed by atoms with Crippen molar-refractivity contribution in [1.29, 1.82) is 0 Å². The average molecular weight is 312 g/mol.